The Morgan fingerprint density at radius 1 is 1.47 bits per heavy atom. The molecule has 7 heteroatoms. The van der Waals surface area contributed by atoms with Gasteiger partial charge < -0.3 is 10.1 Å². The second-order valence-corrected chi connectivity index (χ2v) is 3.02. The van der Waals surface area contributed by atoms with E-state index in [1.165, 1.54) is 4.63 Å². The SMILES string of the molecule is COCCCNc1ccc2nnnn2n1. The molecule has 2 aromatic rings. The molecule has 2 rings (SSSR count). The Kier molecular flexibility index (Phi) is 3.03. The molecule has 0 atom stereocenters. The summed E-state index contributed by atoms with van der Waals surface area (Å²) < 4.78 is 6.33. The Bertz CT molecular complexity index is 428. The molecule has 0 aliphatic heterocycles. The fraction of sp³-hybridized carbons (Fsp3) is 0.500. The maximum Gasteiger partial charge on any atom is 0.200 e. The van der Waals surface area contributed by atoms with Crippen LogP contribution in [-0.2, 0) is 4.74 Å². The zero-order chi connectivity index (χ0) is 10.5. The molecule has 2 heterocycles. The molecule has 0 amide bonds. The number of nitrogens with zero attached hydrogens (tertiary/aromatic N) is 5. The minimum atomic E-state index is 0.637. The van der Waals surface area contributed by atoms with E-state index in [1.807, 2.05) is 12.1 Å². The smallest absolute Gasteiger partial charge is 0.200 e. The molecule has 0 bridgehead atoms. The lowest BCUT2D eigenvalue weighted by Crippen LogP contribution is -2.08. The van der Waals surface area contributed by atoms with Gasteiger partial charge in [0.15, 0.2) is 5.65 Å². The molecule has 1 N–H and O–H groups in total. The molecule has 0 aliphatic rings. The van der Waals surface area contributed by atoms with Crippen molar-refractivity contribution in [2.75, 3.05) is 25.6 Å². The van der Waals surface area contributed by atoms with Gasteiger partial charge in [-0.2, -0.15) is 0 Å². The summed E-state index contributed by atoms with van der Waals surface area (Å²) in [7, 11) is 1.69. The van der Waals surface area contributed by atoms with Gasteiger partial charge in [-0.25, -0.2) is 0 Å². The normalized spacial score (nSPS) is 10.7. The minimum Gasteiger partial charge on any atom is -0.385 e. The van der Waals surface area contributed by atoms with Gasteiger partial charge in [-0.05, 0) is 29.0 Å². The lowest BCUT2D eigenvalue weighted by molar-refractivity contribution is 0.197. The average molecular weight is 208 g/mol. The van der Waals surface area contributed by atoms with Gasteiger partial charge in [0.1, 0.15) is 5.82 Å². The number of tetrazole rings is 1. The molecule has 80 valence electrons. The number of hydrogen-bond acceptors (Lipinski definition) is 6. The van der Waals surface area contributed by atoms with Crippen LogP contribution in [0.1, 0.15) is 6.42 Å². The Hall–Kier alpha value is -1.76. The fourth-order valence-corrected chi connectivity index (χ4v) is 1.18. The lowest BCUT2D eigenvalue weighted by atomic mass is 10.4. The number of anilines is 1. The van der Waals surface area contributed by atoms with Gasteiger partial charge in [0, 0.05) is 20.3 Å². The van der Waals surface area contributed by atoms with Crippen LogP contribution in [0.5, 0.6) is 0 Å². The molecule has 2 aromatic heterocycles. The first-order valence-corrected chi connectivity index (χ1v) is 4.68. The standard InChI is InChI=1S/C8H12N6O/c1-15-6-2-5-9-7-3-4-8-10-12-13-14(8)11-7/h3-4H,2,5-6H2,1H3,(H,9,11). The highest BCUT2D eigenvalue weighted by atomic mass is 16.5. The molecule has 0 aromatic carbocycles. The van der Waals surface area contributed by atoms with Gasteiger partial charge in [-0.3, -0.25) is 0 Å². The fourth-order valence-electron chi connectivity index (χ4n) is 1.18. The van der Waals surface area contributed by atoms with Crippen molar-refractivity contribution in [1.29, 1.82) is 0 Å². The van der Waals surface area contributed by atoms with Crippen molar-refractivity contribution in [3.05, 3.63) is 12.1 Å². The van der Waals surface area contributed by atoms with Crippen LogP contribution in [-0.4, -0.2) is 45.5 Å². The third-order valence-electron chi connectivity index (χ3n) is 1.90. The molecule has 0 saturated carbocycles. The molecule has 0 unspecified atom stereocenters. The summed E-state index contributed by atoms with van der Waals surface area (Å²) in [5.41, 5.74) is 0.637. The Labute approximate surface area is 86.4 Å². The van der Waals surface area contributed by atoms with E-state index in [0.29, 0.717) is 5.65 Å². The van der Waals surface area contributed by atoms with Gasteiger partial charge in [-0.15, -0.1) is 14.8 Å². The Morgan fingerprint density at radius 2 is 2.40 bits per heavy atom. The number of hydrogen-bond donors (Lipinski definition) is 1. The van der Waals surface area contributed by atoms with Gasteiger partial charge in [0.05, 0.1) is 0 Å². The molecule has 0 saturated heterocycles. The topological polar surface area (TPSA) is 77.2 Å². The van der Waals surface area contributed by atoms with Crippen LogP contribution in [0.15, 0.2) is 12.1 Å². The predicted octanol–water partition coefficient (Wildman–Crippen LogP) is -0.0323. The van der Waals surface area contributed by atoms with E-state index in [2.05, 4.69) is 25.9 Å². The summed E-state index contributed by atoms with van der Waals surface area (Å²) in [5.74, 6) is 0.755. The number of fused-ring (bicyclic) bond motifs is 1. The van der Waals surface area contributed by atoms with Crippen molar-refractivity contribution in [2.24, 2.45) is 0 Å². The first-order chi connectivity index (χ1) is 7.40. The first-order valence-electron chi connectivity index (χ1n) is 4.68. The van der Waals surface area contributed by atoms with E-state index in [-0.39, 0.29) is 0 Å². The first kappa shape index (κ1) is 9.78. The lowest BCUT2D eigenvalue weighted by Gasteiger charge is -2.03. The molecular formula is C8H12N6O. The molecule has 0 radical (unpaired) electrons. The molecule has 15 heavy (non-hydrogen) atoms. The number of ether oxygens (including phenoxy) is 1. The molecule has 0 spiro atoms. The zero-order valence-corrected chi connectivity index (χ0v) is 8.42. The van der Waals surface area contributed by atoms with Crippen molar-refractivity contribution in [3.63, 3.8) is 0 Å². The highest BCUT2D eigenvalue weighted by Crippen LogP contribution is 2.02. The van der Waals surface area contributed by atoms with Crippen LogP contribution in [0, 0.1) is 0 Å². The maximum atomic E-state index is 4.94. The average Bonchev–Trinajstić information content (AvgIpc) is 2.71. The second-order valence-electron chi connectivity index (χ2n) is 3.02. The van der Waals surface area contributed by atoms with E-state index < -0.39 is 0 Å². The van der Waals surface area contributed by atoms with Crippen LogP contribution >= 0.6 is 0 Å². The quantitative estimate of drug-likeness (QED) is 0.695. The van der Waals surface area contributed by atoms with E-state index in [4.69, 9.17) is 4.74 Å². The highest BCUT2D eigenvalue weighted by Gasteiger charge is 1.99. The van der Waals surface area contributed by atoms with Crippen molar-refractivity contribution in [1.82, 2.24) is 25.3 Å². The van der Waals surface area contributed by atoms with Crippen molar-refractivity contribution in [2.45, 2.75) is 6.42 Å². The van der Waals surface area contributed by atoms with Crippen molar-refractivity contribution in [3.8, 4) is 0 Å². The molecule has 0 aliphatic carbocycles. The summed E-state index contributed by atoms with van der Waals surface area (Å²) in [5, 5.41) is 18.3. The summed E-state index contributed by atoms with van der Waals surface area (Å²) in [4.78, 5) is 0. The van der Waals surface area contributed by atoms with Gasteiger partial charge in [0.25, 0.3) is 0 Å². The van der Waals surface area contributed by atoms with Gasteiger partial charge in [-0.1, -0.05) is 0 Å². The van der Waals surface area contributed by atoms with Crippen LogP contribution in [0.4, 0.5) is 5.82 Å². The summed E-state index contributed by atoms with van der Waals surface area (Å²) >= 11 is 0. The number of rotatable bonds is 5. The van der Waals surface area contributed by atoms with Crippen molar-refractivity contribution < 1.29 is 4.74 Å². The van der Waals surface area contributed by atoms with Crippen LogP contribution in [0.2, 0.25) is 0 Å². The van der Waals surface area contributed by atoms with Gasteiger partial charge in [0.2, 0.25) is 0 Å². The highest BCUT2D eigenvalue weighted by molar-refractivity contribution is 5.41. The summed E-state index contributed by atoms with van der Waals surface area (Å²) in [6.07, 6.45) is 0.936. The number of nitrogens with one attached hydrogen (secondary N) is 1. The molecule has 7 nitrogen and oxygen atoms in total. The Morgan fingerprint density at radius 3 is 3.27 bits per heavy atom. The maximum absolute atomic E-state index is 4.94. The van der Waals surface area contributed by atoms with Crippen molar-refractivity contribution >= 4 is 11.5 Å². The van der Waals surface area contributed by atoms with E-state index >= 15 is 0 Å². The zero-order valence-electron chi connectivity index (χ0n) is 8.42. The van der Waals surface area contributed by atoms with E-state index in [1.54, 1.807) is 7.11 Å². The third-order valence-corrected chi connectivity index (χ3v) is 1.90. The van der Waals surface area contributed by atoms with E-state index in [0.717, 1.165) is 25.4 Å². The molecule has 0 fully saturated rings. The molecular weight excluding hydrogens is 196 g/mol. The van der Waals surface area contributed by atoms with Crippen LogP contribution in [0.3, 0.4) is 0 Å². The number of aromatic nitrogens is 5. The third kappa shape index (κ3) is 2.38. The monoisotopic (exact) mass is 208 g/mol. The minimum absolute atomic E-state index is 0.637. The number of methoxy groups -OCH3 is 1. The summed E-state index contributed by atoms with van der Waals surface area (Å²) in [6, 6.07) is 3.66. The van der Waals surface area contributed by atoms with Crippen LogP contribution < -0.4 is 5.32 Å². The second kappa shape index (κ2) is 4.65. The van der Waals surface area contributed by atoms with E-state index in [9.17, 15) is 0 Å². The predicted molar refractivity (Wildman–Crippen MR) is 53.6 cm³/mol. The Balaban J connectivity index is 1.96. The van der Waals surface area contributed by atoms with Gasteiger partial charge >= 0.3 is 0 Å². The largest absolute Gasteiger partial charge is 0.385 e. The summed E-state index contributed by atoms with van der Waals surface area (Å²) in [6.45, 7) is 1.55. The van der Waals surface area contributed by atoms with Crippen LogP contribution in [0.25, 0.3) is 5.65 Å².